The van der Waals surface area contributed by atoms with Crippen molar-refractivity contribution in [3.63, 3.8) is 0 Å². The highest BCUT2D eigenvalue weighted by Gasteiger charge is 2.31. The summed E-state index contributed by atoms with van der Waals surface area (Å²) < 4.78 is 32.0. The van der Waals surface area contributed by atoms with Gasteiger partial charge < -0.3 is 10.1 Å². The Kier molecular flexibility index (Phi) is 7.17. The lowest BCUT2D eigenvalue weighted by molar-refractivity contribution is -0.122. The van der Waals surface area contributed by atoms with E-state index in [9.17, 15) is 13.2 Å². The predicted molar refractivity (Wildman–Crippen MR) is 125 cm³/mol. The number of anilines is 1. The van der Waals surface area contributed by atoms with Crippen molar-refractivity contribution in [1.82, 2.24) is 5.32 Å². The molecule has 0 heterocycles. The first kappa shape index (κ1) is 22.6. The van der Waals surface area contributed by atoms with Crippen LogP contribution in [0.2, 0.25) is 0 Å². The van der Waals surface area contributed by atoms with Gasteiger partial charge in [-0.1, -0.05) is 61.0 Å². The molecule has 0 spiro atoms. The molecule has 1 N–H and O–H groups in total. The Morgan fingerprint density at radius 3 is 2.39 bits per heavy atom. The van der Waals surface area contributed by atoms with Gasteiger partial charge in [0.2, 0.25) is 15.9 Å². The molecule has 0 fully saturated rings. The highest BCUT2D eigenvalue weighted by Crippen LogP contribution is 2.25. The van der Waals surface area contributed by atoms with Gasteiger partial charge in [-0.15, -0.1) is 0 Å². The number of sulfonamides is 1. The summed E-state index contributed by atoms with van der Waals surface area (Å²) in [4.78, 5) is 12.9. The summed E-state index contributed by atoms with van der Waals surface area (Å²) in [7, 11) is -3.64. The third-order valence-corrected chi connectivity index (χ3v) is 6.21. The molecule has 0 aliphatic rings. The van der Waals surface area contributed by atoms with E-state index in [0.29, 0.717) is 12.1 Å². The van der Waals surface area contributed by atoms with Crippen LogP contribution in [0.3, 0.4) is 0 Å². The van der Waals surface area contributed by atoms with Crippen molar-refractivity contribution in [1.29, 1.82) is 0 Å². The number of hydrogen-bond acceptors (Lipinski definition) is 4. The molecule has 3 aromatic carbocycles. The van der Waals surface area contributed by atoms with E-state index in [1.165, 1.54) is 4.31 Å². The standard InChI is InChI=1S/C24H28N2O4S/c1-4-22(26(31(3,28)29)20-14-12-18(2)13-15-20)24(27)25-16-17-30-23-11-7-9-19-8-5-6-10-21(19)23/h5-15,22H,4,16-17H2,1-3H3,(H,25,27)/t22-/m1/s1. The summed E-state index contributed by atoms with van der Waals surface area (Å²) in [6.45, 7) is 4.27. The van der Waals surface area contributed by atoms with Crippen molar-refractivity contribution in [2.24, 2.45) is 0 Å². The molecule has 31 heavy (non-hydrogen) atoms. The Balaban J connectivity index is 1.66. The number of nitrogens with one attached hydrogen (secondary N) is 1. The van der Waals surface area contributed by atoms with E-state index in [1.807, 2.05) is 61.5 Å². The lowest BCUT2D eigenvalue weighted by Gasteiger charge is -2.30. The first-order chi connectivity index (χ1) is 14.8. The number of aryl methyl sites for hydroxylation is 1. The van der Waals surface area contributed by atoms with E-state index in [-0.39, 0.29) is 19.1 Å². The van der Waals surface area contributed by atoms with Crippen molar-refractivity contribution in [3.8, 4) is 5.75 Å². The molecule has 0 unspecified atom stereocenters. The topological polar surface area (TPSA) is 75.7 Å². The Morgan fingerprint density at radius 1 is 1.03 bits per heavy atom. The van der Waals surface area contributed by atoms with Crippen molar-refractivity contribution in [2.75, 3.05) is 23.7 Å². The second kappa shape index (κ2) is 9.83. The normalized spacial score (nSPS) is 12.4. The zero-order chi connectivity index (χ0) is 22.4. The van der Waals surface area contributed by atoms with Crippen molar-refractivity contribution >= 4 is 32.4 Å². The molecule has 0 aliphatic carbocycles. The number of amides is 1. The van der Waals surface area contributed by atoms with Gasteiger partial charge in [0.25, 0.3) is 0 Å². The highest BCUT2D eigenvalue weighted by atomic mass is 32.2. The molecule has 0 aromatic heterocycles. The van der Waals surface area contributed by atoms with Crippen LogP contribution in [-0.2, 0) is 14.8 Å². The second-order valence-electron chi connectivity index (χ2n) is 7.44. The van der Waals surface area contributed by atoms with Crippen molar-refractivity contribution in [2.45, 2.75) is 26.3 Å². The largest absolute Gasteiger partial charge is 0.491 e. The number of carbonyl (C=O) groups excluding carboxylic acids is 1. The average Bonchev–Trinajstić information content (AvgIpc) is 2.75. The van der Waals surface area contributed by atoms with Gasteiger partial charge in [-0.25, -0.2) is 8.42 Å². The highest BCUT2D eigenvalue weighted by molar-refractivity contribution is 7.92. The summed E-state index contributed by atoms with van der Waals surface area (Å²) in [5.41, 5.74) is 1.49. The first-order valence-electron chi connectivity index (χ1n) is 10.3. The van der Waals surface area contributed by atoms with Crippen LogP contribution in [0, 0.1) is 6.92 Å². The monoisotopic (exact) mass is 440 g/mol. The van der Waals surface area contributed by atoms with Gasteiger partial charge in [-0.3, -0.25) is 9.10 Å². The molecule has 0 saturated carbocycles. The zero-order valence-electron chi connectivity index (χ0n) is 18.0. The third-order valence-electron chi connectivity index (χ3n) is 5.03. The maximum atomic E-state index is 12.9. The first-order valence-corrected chi connectivity index (χ1v) is 12.1. The number of rotatable bonds is 9. The number of hydrogen-bond donors (Lipinski definition) is 1. The molecule has 3 aromatic rings. The molecule has 0 saturated heterocycles. The van der Waals surface area contributed by atoms with Gasteiger partial charge in [0.15, 0.2) is 0 Å². The molecule has 1 amide bonds. The van der Waals surface area contributed by atoms with Crippen LogP contribution in [0.25, 0.3) is 10.8 Å². The average molecular weight is 441 g/mol. The Bertz CT molecular complexity index is 1140. The molecule has 0 radical (unpaired) electrons. The fraction of sp³-hybridized carbons (Fsp3) is 0.292. The Morgan fingerprint density at radius 2 is 1.71 bits per heavy atom. The minimum absolute atomic E-state index is 0.268. The Hall–Kier alpha value is -3.06. The Labute approximate surface area is 183 Å². The van der Waals surface area contributed by atoms with E-state index in [1.54, 1.807) is 19.1 Å². The smallest absolute Gasteiger partial charge is 0.244 e. The van der Waals surface area contributed by atoms with Crippen LogP contribution >= 0.6 is 0 Å². The van der Waals surface area contributed by atoms with Gasteiger partial charge in [0, 0.05) is 5.39 Å². The van der Waals surface area contributed by atoms with E-state index in [4.69, 9.17) is 4.74 Å². The van der Waals surface area contributed by atoms with Crippen molar-refractivity contribution < 1.29 is 17.9 Å². The fourth-order valence-electron chi connectivity index (χ4n) is 3.53. The number of ether oxygens (including phenoxy) is 1. The molecular formula is C24H28N2O4S. The molecule has 164 valence electrons. The van der Waals surface area contributed by atoms with Crippen LogP contribution in [0.5, 0.6) is 5.75 Å². The van der Waals surface area contributed by atoms with Gasteiger partial charge in [-0.2, -0.15) is 0 Å². The zero-order valence-corrected chi connectivity index (χ0v) is 18.9. The van der Waals surface area contributed by atoms with Crippen LogP contribution < -0.4 is 14.4 Å². The maximum absolute atomic E-state index is 12.9. The predicted octanol–water partition coefficient (Wildman–Crippen LogP) is 3.89. The van der Waals surface area contributed by atoms with Gasteiger partial charge in [-0.05, 0) is 36.9 Å². The lowest BCUT2D eigenvalue weighted by Crippen LogP contribution is -2.50. The minimum Gasteiger partial charge on any atom is -0.491 e. The number of benzene rings is 3. The molecule has 6 nitrogen and oxygen atoms in total. The van der Waals surface area contributed by atoms with E-state index >= 15 is 0 Å². The molecule has 3 rings (SSSR count). The maximum Gasteiger partial charge on any atom is 0.244 e. The fourth-order valence-corrected chi connectivity index (χ4v) is 4.74. The van der Waals surface area contributed by atoms with Crippen LogP contribution in [0.15, 0.2) is 66.7 Å². The van der Waals surface area contributed by atoms with E-state index in [0.717, 1.165) is 28.3 Å². The van der Waals surface area contributed by atoms with Crippen molar-refractivity contribution in [3.05, 3.63) is 72.3 Å². The summed E-state index contributed by atoms with van der Waals surface area (Å²) in [5.74, 6) is 0.395. The minimum atomic E-state index is -3.64. The third kappa shape index (κ3) is 5.55. The lowest BCUT2D eigenvalue weighted by atomic mass is 10.1. The summed E-state index contributed by atoms with van der Waals surface area (Å²) in [6, 6.07) is 20.0. The summed E-state index contributed by atoms with van der Waals surface area (Å²) in [6.07, 6.45) is 1.46. The quantitative estimate of drug-likeness (QED) is 0.512. The number of fused-ring (bicyclic) bond motifs is 1. The summed E-state index contributed by atoms with van der Waals surface area (Å²) in [5, 5.41) is 4.90. The van der Waals surface area contributed by atoms with Crippen LogP contribution in [0.4, 0.5) is 5.69 Å². The van der Waals surface area contributed by atoms with Crippen LogP contribution in [0.1, 0.15) is 18.9 Å². The van der Waals surface area contributed by atoms with Gasteiger partial charge in [0.1, 0.15) is 18.4 Å². The molecule has 0 aliphatic heterocycles. The SMILES string of the molecule is CC[C@H](C(=O)NCCOc1cccc2ccccc12)N(c1ccc(C)cc1)S(C)(=O)=O. The number of carbonyl (C=O) groups is 1. The molecule has 7 heteroatoms. The van der Waals surface area contributed by atoms with Gasteiger partial charge >= 0.3 is 0 Å². The van der Waals surface area contributed by atoms with Gasteiger partial charge in [0.05, 0.1) is 18.5 Å². The van der Waals surface area contributed by atoms with Crippen LogP contribution in [-0.4, -0.2) is 39.8 Å². The molecular weight excluding hydrogens is 412 g/mol. The summed E-state index contributed by atoms with van der Waals surface area (Å²) >= 11 is 0. The second-order valence-corrected chi connectivity index (χ2v) is 9.29. The van der Waals surface area contributed by atoms with E-state index < -0.39 is 16.1 Å². The molecule has 0 bridgehead atoms. The van der Waals surface area contributed by atoms with E-state index in [2.05, 4.69) is 5.32 Å². The number of nitrogens with zero attached hydrogens (tertiary/aromatic N) is 1. The molecule has 1 atom stereocenters.